The maximum Gasteiger partial charge on any atom is 0.264 e. The van der Waals surface area contributed by atoms with Gasteiger partial charge in [-0.1, -0.05) is 83.9 Å². The van der Waals surface area contributed by atoms with E-state index >= 15 is 0 Å². The van der Waals surface area contributed by atoms with E-state index in [1.807, 2.05) is 58.0 Å². The Morgan fingerprint density at radius 3 is 2.13 bits per heavy atom. The van der Waals surface area contributed by atoms with Gasteiger partial charge in [-0.25, -0.2) is 8.42 Å². The number of halogens is 2. The zero-order chi connectivity index (χ0) is 34.4. The number of rotatable bonds is 12. The van der Waals surface area contributed by atoms with Crippen molar-refractivity contribution in [3.63, 3.8) is 0 Å². The molecule has 0 aliphatic carbocycles. The van der Waals surface area contributed by atoms with Crippen LogP contribution in [0.4, 0.5) is 5.69 Å². The summed E-state index contributed by atoms with van der Waals surface area (Å²) in [7, 11) is -2.86. The minimum Gasteiger partial charge on any atom is -0.495 e. The maximum atomic E-state index is 14.7. The van der Waals surface area contributed by atoms with Crippen LogP contribution in [0.1, 0.15) is 37.5 Å². The molecule has 4 aromatic rings. The number of ether oxygens (including phenoxy) is 1. The van der Waals surface area contributed by atoms with Crippen molar-refractivity contribution in [1.29, 1.82) is 0 Å². The number of hydrogen-bond donors (Lipinski definition) is 1. The summed E-state index contributed by atoms with van der Waals surface area (Å²) in [6.45, 7) is 6.66. The second kappa shape index (κ2) is 15.2. The lowest BCUT2D eigenvalue weighted by Gasteiger charge is -2.35. The molecule has 0 aromatic heterocycles. The minimum absolute atomic E-state index is 0.00466. The van der Waals surface area contributed by atoms with Crippen LogP contribution in [0.25, 0.3) is 0 Å². The molecule has 0 heterocycles. The highest BCUT2D eigenvalue weighted by Crippen LogP contribution is 2.34. The summed E-state index contributed by atoms with van der Waals surface area (Å²) in [4.78, 5) is 30.1. The fourth-order valence-electron chi connectivity index (χ4n) is 5.07. The molecule has 0 spiro atoms. The Balaban J connectivity index is 1.88. The zero-order valence-electron chi connectivity index (χ0n) is 27.0. The first kappa shape index (κ1) is 35.8. The molecule has 4 rings (SSSR count). The number of carbonyl (C=O) groups is 2. The molecule has 0 radical (unpaired) electrons. The van der Waals surface area contributed by atoms with E-state index in [2.05, 4.69) is 5.32 Å². The van der Waals surface area contributed by atoms with Crippen LogP contribution >= 0.6 is 23.2 Å². The highest BCUT2D eigenvalue weighted by molar-refractivity contribution is 7.92. The fraction of sp³-hybridized carbons (Fsp3) is 0.278. The van der Waals surface area contributed by atoms with Gasteiger partial charge in [0.1, 0.15) is 18.3 Å². The second-order valence-electron chi connectivity index (χ2n) is 12.2. The van der Waals surface area contributed by atoms with Crippen LogP contribution in [0, 0.1) is 6.92 Å². The van der Waals surface area contributed by atoms with Crippen molar-refractivity contribution in [3.8, 4) is 5.75 Å². The van der Waals surface area contributed by atoms with Crippen LogP contribution < -0.4 is 14.4 Å². The summed E-state index contributed by atoms with van der Waals surface area (Å²) >= 11 is 12.8. The minimum atomic E-state index is -4.29. The van der Waals surface area contributed by atoms with E-state index in [1.165, 1.54) is 24.1 Å². The molecular formula is C36H39Cl2N3O5S. The molecule has 47 heavy (non-hydrogen) atoms. The average Bonchev–Trinajstić information content (AvgIpc) is 3.02. The van der Waals surface area contributed by atoms with E-state index < -0.39 is 40.0 Å². The summed E-state index contributed by atoms with van der Waals surface area (Å²) in [6, 6.07) is 26.2. The molecule has 0 bridgehead atoms. The van der Waals surface area contributed by atoms with E-state index in [0.717, 1.165) is 15.4 Å². The Morgan fingerprint density at radius 1 is 0.894 bits per heavy atom. The molecule has 11 heteroatoms. The molecule has 8 nitrogen and oxygen atoms in total. The lowest BCUT2D eigenvalue weighted by molar-refractivity contribution is -0.140. The summed E-state index contributed by atoms with van der Waals surface area (Å²) in [6.07, 6.45) is 0.166. The van der Waals surface area contributed by atoms with Crippen molar-refractivity contribution in [2.75, 3.05) is 18.0 Å². The third-order valence-corrected chi connectivity index (χ3v) is 9.70. The van der Waals surface area contributed by atoms with Crippen LogP contribution in [0.2, 0.25) is 10.0 Å². The number of benzene rings is 4. The van der Waals surface area contributed by atoms with E-state index in [9.17, 15) is 18.0 Å². The maximum absolute atomic E-state index is 14.7. The van der Waals surface area contributed by atoms with E-state index in [4.69, 9.17) is 27.9 Å². The number of hydrogen-bond acceptors (Lipinski definition) is 5. The van der Waals surface area contributed by atoms with Gasteiger partial charge in [0.15, 0.2) is 0 Å². The predicted molar refractivity (Wildman–Crippen MR) is 188 cm³/mol. The van der Waals surface area contributed by atoms with Crippen LogP contribution in [-0.2, 0) is 32.6 Å². The molecule has 4 aromatic carbocycles. The fourth-order valence-corrected chi connectivity index (χ4v) is 6.97. The molecule has 0 saturated heterocycles. The smallest absolute Gasteiger partial charge is 0.264 e. The summed E-state index contributed by atoms with van der Waals surface area (Å²) in [5.74, 6) is -0.754. The number of carbonyl (C=O) groups excluding carboxylic acids is 2. The van der Waals surface area contributed by atoms with Crippen molar-refractivity contribution in [1.82, 2.24) is 10.2 Å². The van der Waals surface area contributed by atoms with Crippen molar-refractivity contribution in [2.24, 2.45) is 0 Å². The van der Waals surface area contributed by atoms with Gasteiger partial charge in [0.05, 0.1) is 17.7 Å². The Kier molecular flexibility index (Phi) is 11.6. The number of amides is 2. The molecule has 0 saturated carbocycles. The molecule has 0 aliphatic rings. The summed E-state index contributed by atoms with van der Waals surface area (Å²) in [5, 5.41) is 3.73. The van der Waals surface area contributed by atoms with Crippen molar-refractivity contribution < 1.29 is 22.7 Å². The van der Waals surface area contributed by atoms with Crippen LogP contribution in [0.5, 0.6) is 5.75 Å². The molecule has 0 aliphatic heterocycles. The van der Waals surface area contributed by atoms with Crippen LogP contribution in [-0.4, -0.2) is 50.4 Å². The number of nitrogens with zero attached hydrogens (tertiary/aromatic N) is 2. The largest absolute Gasteiger partial charge is 0.495 e. The third kappa shape index (κ3) is 9.28. The monoisotopic (exact) mass is 695 g/mol. The van der Waals surface area contributed by atoms with E-state index in [0.29, 0.717) is 15.6 Å². The first-order valence-corrected chi connectivity index (χ1v) is 17.2. The molecule has 0 fully saturated rings. The predicted octanol–water partition coefficient (Wildman–Crippen LogP) is 7.06. The van der Waals surface area contributed by atoms with Gasteiger partial charge in [-0.3, -0.25) is 13.9 Å². The number of sulfonamides is 1. The van der Waals surface area contributed by atoms with Gasteiger partial charge in [-0.05, 0) is 80.8 Å². The quantitative estimate of drug-likeness (QED) is 0.171. The average molecular weight is 697 g/mol. The summed E-state index contributed by atoms with van der Waals surface area (Å²) < 4.78 is 35.2. The van der Waals surface area contributed by atoms with Gasteiger partial charge >= 0.3 is 0 Å². The van der Waals surface area contributed by atoms with Gasteiger partial charge in [-0.15, -0.1) is 0 Å². The van der Waals surface area contributed by atoms with Gasteiger partial charge in [-0.2, -0.15) is 0 Å². The van der Waals surface area contributed by atoms with Gasteiger partial charge in [0.25, 0.3) is 10.0 Å². The topological polar surface area (TPSA) is 96.0 Å². The standard InChI is InChI=1S/C36H39Cl2N3O5S/c1-25-16-19-33(46-5)31(20-25)41(47(44,45)29-14-10-7-11-15-29)24-34(42)40(23-27-17-18-28(37)22-30(27)38)32(35(43)39-36(2,3)4)21-26-12-8-6-9-13-26/h6-20,22,32H,21,23-24H2,1-5H3,(H,39,43)/t32-/m0/s1. The number of methoxy groups -OCH3 is 1. The first-order valence-electron chi connectivity index (χ1n) is 15.0. The Bertz CT molecular complexity index is 1810. The highest BCUT2D eigenvalue weighted by atomic mass is 35.5. The molecule has 2 amide bonds. The van der Waals surface area contributed by atoms with Crippen molar-refractivity contribution in [2.45, 2.75) is 57.1 Å². The van der Waals surface area contributed by atoms with Crippen LogP contribution in [0.15, 0.2) is 102 Å². The van der Waals surface area contributed by atoms with E-state index in [-0.39, 0.29) is 29.3 Å². The third-order valence-electron chi connectivity index (χ3n) is 7.34. The van der Waals surface area contributed by atoms with Gasteiger partial charge in [0.2, 0.25) is 11.8 Å². The molecule has 0 unspecified atom stereocenters. The first-order chi connectivity index (χ1) is 22.2. The normalized spacial score (nSPS) is 12.2. The molecule has 248 valence electrons. The van der Waals surface area contributed by atoms with E-state index in [1.54, 1.807) is 54.6 Å². The number of anilines is 1. The number of aryl methyl sites for hydroxylation is 1. The van der Waals surface area contributed by atoms with Crippen molar-refractivity contribution in [3.05, 3.63) is 124 Å². The SMILES string of the molecule is COc1ccc(C)cc1N(CC(=O)N(Cc1ccc(Cl)cc1Cl)[C@@H](Cc1ccccc1)C(=O)NC(C)(C)C)S(=O)(=O)c1ccccc1. The lowest BCUT2D eigenvalue weighted by atomic mass is 10.0. The van der Waals surface area contributed by atoms with Crippen LogP contribution in [0.3, 0.4) is 0 Å². The lowest BCUT2D eigenvalue weighted by Crippen LogP contribution is -2.56. The van der Waals surface area contributed by atoms with Gasteiger partial charge < -0.3 is 15.0 Å². The summed E-state index contributed by atoms with van der Waals surface area (Å²) in [5.41, 5.74) is 1.69. The highest BCUT2D eigenvalue weighted by Gasteiger charge is 2.36. The van der Waals surface area contributed by atoms with Crippen molar-refractivity contribution >= 4 is 50.7 Å². The molecule has 1 atom stereocenters. The zero-order valence-corrected chi connectivity index (χ0v) is 29.4. The van der Waals surface area contributed by atoms with Gasteiger partial charge in [0, 0.05) is 28.5 Å². The molecule has 1 N–H and O–H groups in total. The Morgan fingerprint density at radius 2 is 1.53 bits per heavy atom. The Hall–Kier alpha value is -4.05. The second-order valence-corrected chi connectivity index (χ2v) is 14.9. The Labute approximate surface area is 287 Å². The number of nitrogens with one attached hydrogen (secondary N) is 1. The molecular weight excluding hydrogens is 657 g/mol.